The highest BCUT2D eigenvalue weighted by molar-refractivity contribution is 14.1. The monoisotopic (exact) mass is 616 g/mol. The van der Waals surface area contributed by atoms with E-state index < -0.39 is 15.6 Å². The lowest BCUT2D eigenvalue weighted by Gasteiger charge is -2.14. The topological polar surface area (TPSA) is 80.7 Å². The maximum atomic E-state index is 13.5. The van der Waals surface area contributed by atoms with Crippen molar-refractivity contribution in [3.05, 3.63) is 98.4 Å². The largest absolute Gasteiger partial charge is 0.504 e. The number of Topliss-reactive ketones (excluding diaryl/α,β-unsaturated/α-hetero) is 1. The molecule has 0 amide bonds. The zero-order chi connectivity index (χ0) is 24.2. The summed E-state index contributed by atoms with van der Waals surface area (Å²) in [6, 6.07) is 16.8. The zero-order valence-corrected chi connectivity index (χ0v) is 21.9. The van der Waals surface area contributed by atoms with Crippen molar-refractivity contribution in [2.45, 2.75) is 12.7 Å². The molecule has 9 heteroatoms. The molecule has 0 heterocycles. The summed E-state index contributed by atoms with van der Waals surface area (Å²) in [7, 11) is -4.09. The van der Waals surface area contributed by atoms with Crippen molar-refractivity contribution in [2.24, 2.45) is 0 Å². The van der Waals surface area contributed by atoms with Crippen LogP contribution in [0.2, 0.25) is 10.0 Å². The number of carbonyl (C=O) groups excluding carboxylic acids is 1. The molecule has 0 unspecified atom stereocenters. The number of phenols is 1. The highest BCUT2D eigenvalue weighted by Gasteiger charge is 2.30. The number of aromatic hydroxyl groups is 1. The van der Waals surface area contributed by atoms with Gasteiger partial charge in [0.25, 0.3) is 0 Å². The van der Waals surface area contributed by atoms with E-state index in [-0.39, 0.29) is 31.3 Å². The molecule has 0 atom stereocenters. The van der Waals surface area contributed by atoms with Crippen LogP contribution in [0.25, 0.3) is 3.58 Å². The van der Waals surface area contributed by atoms with Crippen molar-refractivity contribution < 1.29 is 23.1 Å². The lowest BCUT2D eigenvalue weighted by molar-refractivity contribution is 0.104. The van der Waals surface area contributed by atoms with Crippen molar-refractivity contribution in [3.63, 3.8) is 0 Å². The minimum Gasteiger partial charge on any atom is -0.504 e. The van der Waals surface area contributed by atoms with Gasteiger partial charge >= 0.3 is 0 Å². The third-order valence-corrected chi connectivity index (χ3v) is 8.36. The van der Waals surface area contributed by atoms with E-state index in [1.165, 1.54) is 42.5 Å². The summed E-state index contributed by atoms with van der Waals surface area (Å²) in [5, 5.41) is 10.9. The fourth-order valence-corrected chi connectivity index (χ4v) is 6.44. The first-order valence-electron chi connectivity index (χ1n) is 9.76. The molecule has 1 N–H and O–H groups in total. The molecule has 33 heavy (non-hydrogen) atoms. The van der Waals surface area contributed by atoms with Gasteiger partial charge in [0.15, 0.2) is 21.3 Å². The Morgan fingerprint density at radius 1 is 0.939 bits per heavy atom. The van der Waals surface area contributed by atoms with Gasteiger partial charge in [-0.2, -0.15) is 0 Å². The van der Waals surface area contributed by atoms with Gasteiger partial charge in [-0.25, -0.2) is 8.42 Å². The summed E-state index contributed by atoms with van der Waals surface area (Å²) in [4.78, 5) is 13.1. The second-order valence-electron chi connectivity index (χ2n) is 6.98. The molecule has 0 radical (unpaired) electrons. The van der Waals surface area contributed by atoms with E-state index in [2.05, 4.69) is 0 Å². The molecule has 0 spiro atoms. The molecule has 0 saturated carbocycles. The molecule has 0 aromatic heterocycles. The average molecular weight is 617 g/mol. The van der Waals surface area contributed by atoms with E-state index in [0.717, 1.165) is 0 Å². The van der Waals surface area contributed by atoms with Crippen LogP contribution in [-0.2, 0) is 15.6 Å². The molecule has 0 bridgehead atoms. The molecule has 0 aliphatic carbocycles. The Hall–Kier alpha value is -2.07. The molecule has 0 aliphatic heterocycles. The Kier molecular flexibility index (Phi) is 8.44. The van der Waals surface area contributed by atoms with Gasteiger partial charge in [0.1, 0.15) is 4.91 Å². The highest BCUT2D eigenvalue weighted by atomic mass is 127. The predicted molar refractivity (Wildman–Crippen MR) is 140 cm³/mol. The lowest BCUT2D eigenvalue weighted by Crippen LogP contribution is -2.17. The standard InChI is InChI=1S/C24H19Cl2IO5S/c1-2-32-21-13-17(7-12-20(21)28)22(27)24(23(29)16-5-10-19(26)11-6-16)33(30,31)14-15-3-8-18(25)9-4-15/h3-13,28H,2,14H2,1H3. The molecule has 3 rings (SSSR count). The number of sulfone groups is 1. The van der Waals surface area contributed by atoms with E-state index in [1.54, 1.807) is 31.2 Å². The van der Waals surface area contributed by atoms with Crippen molar-refractivity contribution >= 4 is 65.0 Å². The van der Waals surface area contributed by atoms with Crippen LogP contribution in [0.3, 0.4) is 0 Å². The van der Waals surface area contributed by atoms with Crippen LogP contribution in [-0.4, -0.2) is 25.9 Å². The van der Waals surface area contributed by atoms with E-state index >= 15 is 0 Å². The Bertz CT molecular complexity index is 1300. The second kappa shape index (κ2) is 10.9. The van der Waals surface area contributed by atoms with Crippen LogP contribution >= 0.6 is 45.8 Å². The Morgan fingerprint density at radius 2 is 1.48 bits per heavy atom. The van der Waals surface area contributed by atoms with Crippen molar-refractivity contribution in [3.8, 4) is 11.5 Å². The number of ether oxygens (including phenoxy) is 1. The van der Waals surface area contributed by atoms with Crippen LogP contribution in [0.15, 0.2) is 71.6 Å². The number of benzene rings is 3. The van der Waals surface area contributed by atoms with Gasteiger partial charge in [0, 0.05) is 19.2 Å². The molecule has 172 valence electrons. The fourth-order valence-electron chi connectivity index (χ4n) is 3.03. The summed E-state index contributed by atoms with van der Waals surface area (Å²) >= 11 is 13.7. The number of allylic oxidation sites excluding steroid dienone is 1. The molecule has 3 aromatic rings. The van der Waals surface area contributed by atoms with Crippen LogP contribution in [0.4, 0.5) is 0 Å². The smallest absolute Gasteiger partial charge is 0.205 e. The summed E-state index contributed by atoms with van der Waals surface area (Å²) in [6.07, 6.45) is 0. The van der Waals surface area contributed by atoms with E-state index in [1.807, 2.05) is 22.6 Å². The predicted octanol–water partition coefficient (Wildman–Crippen LogP) is 6.70. The number of rotatable bonds is 8. The fraction of sp³-hybridized carbons (Fsp3) is 0.125. The van der Waals surface area contributed by atoms with E-state index in [4.69, 9.17) is 27.9 Å². The maximum Gasteiger partial charge on any atom is 0.205 e. The number of hydrogen-bond donors (Lipinski definition) is 1. The van der Waals surface area contributed by atoms with Crippen LogP contribution < -0.4 is 4.74 Å². The average Bonchev–Trinajstić information content (AvgIpc) is 2.77. The highest BCUT2D eigenvalue weighted by Crippen LogP contribution is 2.37. The summed E-state index contributed by atoms with van der Waals surface area (Å²) in [6.45, 7) is 2.07. The molecule has 0 aliphatic rings. The minimum absolute atomic E-state index is 0.0839. The summed E-state index contributed by atoms with van der Waals surface area (Å²) in [5.41, 5.74) is 1.10. The third kappa shape index (κ3) is 6.29. The van der Waals surface area contributed by atoms with Crippen molar-refractivity contribution in [1.29, 1.82) is 0 Å². The Balaban J connectivity index is 2.17. The number of halogens is 3. The molecule has 0 saturated heterocycles. The molecular weight excluding hydrogens is 598 g/mol. The molecular formula is C24H19Cl2IO5S. The second-order valence-corrected chi connectivity index (χ2v) is 10.9. The number of phenolic OH excluding ortho intramolecular Hbond substituents is 1. The quantitative estimate of drug-likeness (QED) is 0.173. The van der Waals surface area contributed by atoms with Crippen LogP contribution in [0, 0.1) is 0 Å². The number of carbonyl (C=O) groups is 1. The van der Waals surface area contributed by atoms with Gasteiger partial charge in [-0.05, 0) is 95.2 Å². The molecule has 0 fully saturated rings. The van der Waals surface area contributed by atoms with Crippen LogP contribution in [0.1, 0.15) is 28.4 Å². The first-order valence-corrected chi connectivity index (χ1v) is 13.2. The normalized spacial score (nSPS) is 12.2. The number of hydrogen-bond acceptors (Lipinski definition) is 5. The summed E-state index contributed by atoms with van der Waals surface area (Å²) in [5.74, 6) is -0.935. The first kappa shape index (κ1) is 25.6. The maximum absolute atomic E-state index is 13.5. The van der Waals surface area contributed by atoms with Crippen molar-refractivity contribution in [2.75, 3.05) is 6.61 Å². The van der Waals surface area contributed by atoms with Gasteiger partial charge in [-0.1, -0.05) is 35.3 Å². The van der Waals surface area contributed by atoms with Gasteiger partial charge in [-0.3, -0.25) is 4.79 Å². The van der Waals surface area contributed by atoms with Gasteiger partial charge < -0.3 is 9.84 Å². The lowest BCUT2D eigenvalue weighted by atomic mass is 10.1. The van der Waals surface area contributed by atoms with E-state index in [0.29, 0.717) is 27.8 Å². The Labute approximate surface area is 216 Å². The SMILES string of the molecule is CCOc1cc(C(I)=C(C(=O)c2ccc(Cl)cc2)S(=O)(=O)Cc2ccc(Cl)cc2)ccc1O. The van der Waals surface area contributed by atoms with Gasteiger partial charge in [-0.15, -0.1) is 0 Å². The number of ketones is 1. The first-order chi connectivity index (χ1) is 15.6. The van der Waals surface area contributed by atoms with Crippen molar-refractivity contribution in [1.82, 2.24) is 0 Å². The molecule has 5 nitrogen and oxygen atoms in total. The minimum atomic E-state index is -4.09. The van der Waals surface area contributed by atoms with Gasteiger partial charge in [0.05, 0.1) is 12.4 Å². The third-order valence-electron chi connectivity index (χ3n) is 4.61. The zero-order valence-electron chi connectivity index (χ0n) is 17.4. The van der Waals surface area contributed by atoms with Crippen LogP contribution in [0.5, 0.6) is 11.5 Å². The Morgan fingerprint density at radius 3 is 2.06 bits per heavy atom. The molecule has 3 aromatic carbocycles. The van der Waals surface area contributed by atoms with E-state index in [9.17, 15) is 18.3 Å². The summed E-state index contributed by atoms with van der Waals surface area (Å²) < 4.78 is 32.7. The van der Waals surface area contributed by atoms with Gasteiger partial charge in [0.2, 0.25) is 5.78 Å².